The molecule has 2 rings (SSSR count). The highest BCUT2D eigenvalue weighted by Gasteiger charge is 2.11. The Bertz CT molecular complexity index is 616. The molecule has 6 heteroatoms. The fourth-order valence-corrected chi connectivity index (χ4v) is 1.66. The van der Waals surface area contributed by atoms with E-state index in [9.17, 15) is 9.59 Å². The Morgan fingerprint density at radius 2 is 2.16 bits per heavy atom. The molecule has 1 heterocycles. The number of hydrogen-bond acceptors (Lipinski definition) is 4. The summed E-state index contributed by atoms with van der Waals surface area (Å²) in [4.78, 5) is 26.0. The number of rotatable bonds is 4. The summed E-state index contributed by atoms with van der Waals surface area (Å²) in [6.07, 6.45) is 1.50. The van der Waals surface area contributed by atoms with E-state index >= 15 is 0 Å². The van der Waals surface area contributed by atoms with Crippen molar-refractivity contribution >= 4 is 29.7 Å². The molecular weight excluding hydrogens is 268 g/mol. The van der Waals surface area contributed by atoms with Gasteiger partial charge in [0.05, 0.1) is 5.56 Å². The van der Waals surface area contributed by atoms with Crippen LogP contribution in [0.2, 0.25) is 5.15 Å². The molecule has 0 saturated carbocycles. The van der Waals surface area contributed by atoms with Gasteiger partial charge in [-0.25, -0.2) is 4.98 Å². The molecule has 0 aliphatic rings. The zero-order valence-electron chi connectivity index (χ0n) is 9.67. The van der Waals surface area contributed by atoms with Crippen LogP contribution in [0.1, 0.15) is 10.4 Å². The Morgan fingerprint density at radius 3 is 2.89 bits per heavy atom. The van der Waals surface area contributed by atoms with E-state index in [1.807, 2.05) is 0 Å². The molecule has 1 aromatic carbocycles. The summed E-state index contributed by atoms with van der Waals surface area (Å²) in [6.45, 7) is 0.318. The lowest BCUT2D eigenvalue weighted by Crippen LogP contribution is -2.12. The van der Waals surface area contributed by atoms with Crippen LogP contribution in [-0.4, -0.2) is 17.4 Å². The van der Waals surface area contributed by atoms with E-state index < -0.39 is 0 Å². The molecular formula is C13H9ClN2O3. The number of ether oxygens (including phenoxy) is 1. The second kappa shape index (κ2) is 5.97. The summed E-state index contributed by atoms with van der Waals surface area (Å²) in [5, 5.41) is 2.76. The van der Waals surface area contributed by atoms with Crippen molar-refractivity contribution in [2.24, 2.45) is 0 Å². The van der Waals surface area contributed by atoms with Crippen LogP contribution in [-0.2, 0) is 4.79 Å². The Kier molecular flexibility index (Phi) is 4.10. The van der Waals surface area contributed by atoms with E-state index in [1.54, 1.807) is 30.3 Å². The van der Waals surface area contributed by atoms with Crippen LogP contribution in [0.4, 0.5) is 5.69 Å². The number of nitrogens with zero attached hydrogens (tertiary/aromatic N) is 1. The van der Waals surface area contributed by atoms with Gasteiger partial charge < -0.3 is 10.1 Å². The summed E-state index contributed by atoms with van der Waals surface area (Å²) in [5.41, 5.74) is 0.759. The molecule has 1 aromatic heterocycles. The smallest absolute Gasteiger partial charge is 0.298 e. The van der Waals surface area contributed by atoms with Crippen LogP contribution in [0.15, 0.2) is 42.6 Å². The average molecular weight is 277 g/mol. The number of carbonyl (C=O) groups excluding carboxylic acids is 2. The van der Waals surface area contributed by atoms with Gasteiger partial charge in [0.15, 0.2) is 0 Å². The van der Waals surface area contributed by atoms with Gasteiger partial charge in [-0.3, -0.25) is 9.59 Å². The van der Waals surface area contributed by atoms with E-state index in [4.69, 9.17) is 11.6 Å². The molecule has 0 saturated heterocycles. The summed E-state index contributed by atoms with van der Waals surface area (Å²) in [6, 6.07) is 9.62. The first-order valence-electron chi connectivity index (χ1n) is 5.33. The molecule has 0 unspecified atom stereocenters. The van der Waals surface area contributed by atoms with Gasteiger partial charge in [-0.15, -0.1) is 0 Å². The molecule has 1 amide bonds. The highest BCUT2D eigenvalue weighted by Crippen LogP contribution is 2.19. The Hall–Kier alpha value is -2.40. The number of anilines is 1. The molecule has 0 atom stereocenters. The van der Waals surface area contributed by atoms with Crippen molar-refractivity contribution in [1.29, 1.82) is 0 Å². The van der Waals surface area contributed by atoms with E-state index in [1.165, 1.54) is 12.3 Å². The summed E-state index contributed by atoms with van der Waals surface area (Å²) in [7, 11) is 0. The van der Waals surface area contributed by atoms with E-state index in [0.29, 0.717) is 17.9 Å². The SMILES string of the molecule is O=COc1cccc(NC(=O)c2cccnc2Cl)c1. The number of amides is 1. The predicted molar refractivity (Wildman–Crippen MR) is 70.3 cm³/mol. The molecule has 0 aliphatic carbocycles. The van der Waals surface area contributed by atoms with Gasteiger partial charge >= 0.3 is 0 Å². The first kappa shape index (κ1) is 13.0. The maximum absolute atomic E-state index is 12.0. The predicted octanol–water partition coefficient (Wildman–Crippen LogP) is 2.52. The monoisotopic (exact) mass is 276 g/mol. The van der Waals surface area contributed by atoms with Gasteiger partial charge in [-0.2, -0.15) is 0 Å². The number of hydrogen-bond donors (Lipinski definition) is 1. The Morgan fingerprint density at radius 1 is 1.32 bits per heavy atom. The maximum Gasteiger partial charge on any atom is 0.298 e. The van der Waals surface area contributed by atoms with Crippen LogP contribution in [0.25, 0.3) is 0 Å². The van der Waals surface area contributed by atoms with Gasteiger partial charge in [0.1, 0.15) is 10.9 Å². The van der Waals surface area contributed by atoms with Crippen molar-refractivity contribution in [2.45, 2.75) is 0 Å². The molecule has 2 aromatic rings. The van der Waals surface area contributed by atoms with Crippen LogP contribution in [0, 0.1) is 0 Å². The Balaban J connectivity index is 2.17. The van der Waals surface area contributed by atoms with Crippen LogP contribution < -0.4 is 10.1 Å². The van der Waals surface area contributed by atoms with Crippen molar-refractivity contribution in [1.82, 2.24) is 4.98 Å². The minimum Gasteiger partial charge on any atom is -0.429 e. The summed E-state index contributed by atoms with van der Waals surface area (Å²) < 4.78 is 4.69. The standard InChI is InChI=1S/C13H9ClN2O3/c14-12-11(5-2-6-15-12)13(18)16-9-3-1-4-10(7-9)19-8-17/h1-8H,(H,16,18). The number of pyridine rings is 1. The third-order valence-corrected chi connectivity index (χ3v) is 2.58. The second-order valence-corrected chi connectivity index (χ2v) is 3.90. The lowest BCUT2D eigenvalue weighted by atomic mass is 10.2. The molecule has 1 N–H and O–H groups in total. The fraction of sp³-hybridized carbons (Fsp3) is 0. The topological polar surface area (TPSA) is 68.3 Å². The number of nitrogens with one attached hydrogen (secondary N) is 1. The number of benzene rings is 1. The number of halogens is 1. The van der Waals surface area contributed by atoms with E-state index in [2.05, 4.69) is 15.0 Å². The molecule has 0 radical (unpaired) electrons. The second-order valence-electron chi connectivity index (χ2n) is 3.54. The van der Waals surface area contributed by atoms with Crippen LogP contribution in [0.5, 0.6) is 5.75 Å². The van der Waals surface area contributed by atoms with Crippen molar-refractivity contribution in [3.63, 3.8) is 0 Å². The minimum absolute atomic E-state index is 0.125. The van der Waals surface area contributed by atoms with E-state index in [0.717, 1.165) is 0 Å². The molecule has 0 spiro atoms. The average Bonchev–Trinajstić information content (AvgIpc) is 2.40. The van der Waals surface area contributed by atoms with Gasteiger partial charge in [0, 0.05) is 18.0 Å². The van der Waals surface area contributed by atoms with Crippen molar-refractivity contribution in [3.05, 3.63) is 53.3 Å². The van der Waals surface area contributed by atoms with Crippen LogP contribution >= 0.6 is 11.6 Å². The molecule has 96 valence electrons. The molecule has 5 nitrogen and oxygen atoms in total. The quantitative estimate of drug-likeness (QED) is 0.688. The van der Waals surface area contributed by atoms with Gasteiger partial charge in [-0.1, -0.05) is 17.7 Å². The molecule has 0 fully saturated rings. The van der Waals surface area contributed by atoms with Crippen molar-refractivity contribution in [3.8, 4) is 5.75 Å². The van der Waals surface area contributed by atoms with Gasteiger partial charge in [0.2, 0.25) is 0 Å². The molecule has 19 heavy (non-hydrogen) atoms. The number of aromatic nitrogens is 1. The summed E-state index contributed by atoms with van der Waals surface area (Å²) >= 11 is 5.82. The maximum atomic E-state index is 12.0. The lowest BCUT2D eigenvalue weighted by Gasteiger charge is -2.07. The number of carbonyl (C=O) groups is 2. The van der Waals surface area contributed by atoms with Gasteiger partial charge in [0.25, 0.3) is 12.4 Å². The zero-order valence-corrected chi connectivity index (χ0v) is 10.4. The summed E-state index contributed by atoms with van der Waals surface area (Å²) in [5.74, 6) is -0.0496. The third kappa shape index (κ3) is 3.29. The third-order valence-electron chi connectivity index (χ3n) is 2.28. The van der Waals surface area contributed by atoms with Crippen molar-refractivity contribution < 1.29 is 14.3 Å². The normalized spacial score (nSPS) is 9.74. The zero-order chi connectivity index (χ0) is 13.7. The first-order valence-corrected chi connectivity index (χ1v) is 5.71. The molecule has 0 bridgehead atoms. The minimum atomic E-state index is -0.388. The Labute approximate surface area is 114 Å². The first-order chi connectivity index (χ1) is 9.20. The van der Waals surface area contributed by atoms with Gasteiger partial charge in [-0.05, 0) is 24.3 Å². The largest absolute Gasteiger partial charge is 0.429 e. The fourth-order valence-electron chi connectivity index (χ4n) is 1.46. The van der Waals surface area contributed by atoms with Crippen molar-refractivity contribution in [2.75, 3.05) is 5.32 Å². The lowest BCUT2D eigenvalue weighted by molar-refractivity contribution is -0.120. The van der Waals surface area contributed by atoms with Crippen LogP contribution in [0.3, 0.4) is 0 Å². The molecule has 0 aliphatic heterocycles. The van der Waals surface area contributed by atoms with E-state index in [-0.39, 0.29) is 16.6 Å². The highest BCUT2D eigenvalue weighted by molar-refractivity contribution is 6.33. The highest BCUT2D eigenvalue weighted by atomic mass is 35.5.